The van der Waals surface area contributed by atoms with Crippen molar-refractivity contribution in [3.8, 4) is 0 Å². The van der Waals surface area contributed by atoms with Gasteiger partial charge in [0.25, 0.3) is 0 Å². The smallest absolute Gasteiger partial charge is 0.0622 e. The average Bonchev–Trinajstić information content (AvgIpc) is 2.59. The van der Waals surface area contributed by atoms with Gasteiger partial charge in [-0.15, -0.1) is 0 Å². The fourth-order valence-corrected chi connectivity index (χ4v) is 3.97. The third kappa shape index (κ3) is 2.52. The third-order valence-corrected chi connectivity index (χ3v) is 4.92. The molecule has 0 radical (unpaired) electrons. The fraction of sp³-hybridized carbons (Fsp3) is 0.100. The zero-order valence-electron chi connectivity index (χ0n) is 12.1. The quantitative estimate of drug-likeness (QED) is 0.486. The van der Waals surface area contributed by atoms with Gasteiger partial charge >= 0.3 is 0 Å². The summed E-state index contributed by atoms with van der Waals surface area (Å²) in [4.78, 5) is 0. The van der Waals surface area contributed by atoms with Gasteiger partial charge in [0.15, 0.2) is 0 Å². The molecule has 3 aromatic carbocycles. The molecule has 1 heteroatoms. The van der Waals surface area contributed by atoms with E-state index in [1.165, 1.54) is 16.7 Å². The number of hydrogen-bond acceptors (Lipinski definition) is 0. The lowest BCUT2D eigenvalue weighted by Crippen LogP contribution is -2.31. The van der Waals surface area contributed by atoms with E-state index in [4.69, 9.17) is 0 Å². The van der Waals surface area contributed by atoms with Crippen LogP contribution in [0.1, 0.15) is 16.7 Å². The van der Waals surface area contributed by atoms with Crippen LogP contribution in [0.4, 0.5) is 0 Å². The SMILES string of the molecule is [PH3+]CC(c1ccccc1)(c1ccccc1)c1ccccc1. The van der Waals surface area contributed by atoms with Crippen LogP contribution in [-0.2, 0) is 5.41 Å². The molecule has 3 aromatic rings. The summed E-state index contributed by atoms with van der Waals surface area (Å²) < 4.78 is 0. The summed E-state index contributed by atoms with van der Waals surface area (Å²) in [5.41, 5.74) is 4.01. The van der Waals surface area contributed by atoms with Crippen molar-refractivity contribution >= 4 is 9.24 Å². The minimum Gasteiger partial charge on any atom is -0.0622 e. The second-order valence-electron chi connectivity index (χ2n) is 5.25. The fourth-order valence-electron chi connectivity index (χ4n) is 3.10. The molecule has 21 heavy (non-hydrogen) atoms. The molecular weight excluding hydrogens is 271 g/mol. The van der Waals surface area contributed by atoms with Gasteiger partial charge in [-0.1, -0.05) is 91.0 Å². The maximum absolute atomic E-state index is 2.24. The van der Waals surface area contributed by atoms with Gasteiger partial charge in [0.1, 0.15) is 0 Å². The predicted octanol–water partition coefficient (Wildman–Crippen LogP) is 4.63. The molecule has 0 aliphatic heterocycles. The van der Waals surface area contributed by atoms with Crippen LogP contribution in [0.2, 0.25) is 0 Å². The van der Waals surface area contributed by atoms with Gasteiger partial charge in [-0.05, 0) is 25.9 Å². The van der Waals surface area contributed by atoms with Gasteiger partial charge in [0.05, 0.1) is 11.6 Å². The minimum absolute atomic E-state index is 0.0672. The van der Waals surface area contributed by atoms with Gasteiger partial charge in [0.2, 0.25) is 0 Å². The summed E-state index contributed by atoms with van der Waals surface area (Å²) in [6, 6.07) is 32.5. The van der Waals surface area contributed by atoms with Crippen molar-refractivity contribution in [1.29, 1.82) is 0 Å². The van der Waals surface area contributed by atoms with Crippen molar-refractivity contribution in [2.75, 3.05) is 6.16 Å². The highest BCUT2D eigenvalue weighted by atomic mass is 31.0. The molecule has 0 bridgehead atoms. The molecule has 0 N–H and O–H groups in total. The summed E-state index contributed by atoms with van der Waals surface area (Å²) >= 11 is 0. The van der Waals surface area contributed by atoms with E-state index in [1.807, 2.05) is 9.24 Å². The molecule has 0 aliphatic rings. The minimum atomic E-state index is -0.0672. The summed E-state index contributed by atoms with van der Waals surface area (Å²) in [6.45, 7) is 0. The van der Waals surface area contributed by atoms with Gasteiger partial charge in [-0.3, -0.25) is 0 Å². The Morgan fingerprint density at radius 1 is 0.524 bits per heavy atom. The first kappa shape index (κ1) is 14.0. The van der Waals surface area contributed by atoms with Crippen molar-refractivity contribution in [2.24, 2.45) is 0 Å². The molecule has 0 heterocycles. The van der Waals surface area contributed by atoms with Crippen LogP contribution in [0.15, 0.2) is 91.0 Å². The Kier molecular flexibility index (Phi) is 4.18. The van der Waals surface area contributed by atoms with E-state index in [0.717, 1.165) is 6.16 Å². The highest BCUT2D eigenvalue weighted by Gasteiger charge is 2.36. The van der Waals surface area contributed by atoms with Crippen molar-refractivity contribution in [3.63, 3.8) is 0 Å². The molecule has 0 saturated carbocycles. The molecule has 104 valence electrons. The molecular formula is C20H20P+. The summed E-state index contributed by atoms with van der Waals surface area (Å²) in [5.74, 6) is 0. The highest BCUT2D eigenvalue weighted by molar-refractivity contribution is 7.16. The van der Waals surface area contributed by atoms with Crippen LogP contribution in [0.3, 0.4) is 0 Å². The Morgan fingerprint density at radius 3 is 1.05 bits per heavy atom. The summed E-state index contributed by atoms with van der Waals surface area (Å²) in [7, 11) is 2.05. The maximum atomic E-state index is 2.24. The number of benzene rings is 3. The van der Waals surface area contributed by atoms with Crippen molar-refractivity contribution < 1.29 is 0 Å². The summed E-state index contributed by atoms with van der Waals surface area (Å²) in [6.07, 6.45) is 1.06. The number of rotatable bonds is 4. The topological polar surface area (TPSA) is 0 Å². The maximum Gasteiger partial charge on any atom is 0.0782 e. The lowest BCUT2D eigenvalue weighted by atomic mass is 9.71. The monoisotopic (exact) mass is 291 g/mol. The van der Waals surface area contributed by atoms with Crippen molar-refractivity contribution in [3.05, 3.63) is 108 Å². The van der Waals surface area contributed by atoms with Crippen LogP contribution in [-0.4, -0.2) is 6.16 Å². The van der Waals surface area contributed by atoms with E-state index in [1.54, 1.807) is 0 Å². The average molecular weight is 291 g/mol. The Labute approximate surface area is 129 Å². The van der Waals surface area contributed by atoms with Crippen LogP contribution in [0.5, 0.6) is 0 Å². The standard InChI is InChI=1S/C20H19P/c21-16-20(17-10-4-1-5-11-17,18-12-6-2-7-13-18)19-14-8-3-9-15-19/h1-15H,16,21H2/p+1. The zero-order valence-corrected chi connectivity index (χ0v) is 13.5. The van der Waals surface area contributed by atoms with E-state index >= 15 is 0 Å². The van der Waals surface area contributed by atoms with Crippen LogP contribution in [0.25, 0.3) is 0 Å². The molecule has 1 unspecified atom stereocenters. The van der Waals surface area contributed by atoms with E-state index < -0.39 is 0 Å². The van der Waals surface area contributed by atoms with Gasteiger partial charge in [-0.2, -0.15) is 0 Å². The normalized spacial score (nSPS) is 11.4. The van der Waals surface area contributed by atoms with Crippen LogP contribution >= 0.6 is 9.24 Å². The highest BCUT2D eigenvalue weighted by Crippen LogP contribution is 2.40. The Hall–Kier alpha value is -1.91. The second-order valence-corrected chi connectivity index (χ2v) is 5.75. The molecule has 3 rings (SSSR count). The molecule has 0 aromatic heterocycles. The van der Waals surface area contributed by atoms with E-state index in [9.17, 15) is 0 Å². The van der Waals surface area contributed by atoms with Crippen molar-refractivity contribution in [1.82, 2.24) is 0 Å². The van der Waals surface area contributed by atoms with Gasteiger partial charge in [-0.25, -0.2) is 0 Å². The molecule has 1 atom stereocenters. The first-order chi connectivity index (χ1) is 10.4. The predicted molar refractivity (Wildman–Crippen MR) is 95.2 cm³/mol. The zero-order chi connectivity index (χ0) is 14.5. The largest absolute Gasteiger partial charge is 0.0782 e. The number of hydrogen-bond donors (Lipinski definition) is 0. The molecule has 0 aliphatic carbocycles. The van der Waals surface area contributed by atoms with E-state index in [2.05, 4.69) is 91.0 Å². The molecule has 0 amide bonds. The van der Waals surface area contributed by atoms with Gasteiger partial charge in [0, 0.05) is 0 Å². The van der Waals surface area contributed by atoms with E-state index in [-0.39, 0.29) is 5.41 Å². The van der Waals surface area contributed by atoms with Gasteiger partial charge < -0.3 is 0 Å². The van der Waals surface area contributed by atoms with E-state index in [0.29, 0.717) is 0 Å². The Balaban J connectivity index is 2.29. The lowest BCUT2D eigenvalue weighted by molar-refractivity contribution is 0.705. The molecule has 0 fully saturated rings. The van der Waals surface area contributed by atoms with Crippen LogP contribution in [0, 0.1) is 0 Å². The lowest BCUT2D eigenvalue weighted by Gasteiger charge is -2.32. The molecule has 0 saturated heterocycles. The second kappa shape index (κ2) is 6.24. The third-order valence-electron chi connectivity index (χ3n) is 4.17. The Morgan fingerprint density at radius 2 is 0.810 bits per heavy atom. The first-order valence-corrected chi connectivity index (χ1v) is 8.34. The Bertz CT molecular complexity index is 578. The van der Waals surface area contributed by atoms with Crippen molar-refractivity contribution in [2.45, 2.75) is 5.41 Å². The molecule has 0 nitrogen and oxygen atoms in total. The first-order valence-electron chi connectivity index (χ1n) is 7.34. The molecule has 0 spiro atoms. The van der Waals surface area contributed by atoms with Crippen LogP contribution < -0.4 is 0 Å². The summed E-state index contributed by atoms with van der Waals surface area (Å²) in [5, 5.41) is 0.